The zero-order valence-corrected chi connectivity index (χ0v) is 7.82. The molecule has 0 aromatic carbocycles. The maximum Gasteiger partial charge on any atom is 0.159 e. The molecule has 14 heavy (non-hydrogen) atoms. The molecule has 0 amide bonds. The van der Waals surface area contributed by atoms with Crippen LogP contribution in [-0.4, -0.2) is 19.7 Å². The second-order valence-corrected chi connectivity index (χ2v) is 2.88. The zero-order chi connectivity index (χ0) is 9.97. The summed E-state index contributed by atoms with van der Waals surface area (Å²) >= 11 is 5.65. The van der Waals surface area contributed by atoms with Gasteiger partial charge in [-0.25, -0.2) is 19.0 Å². The summed E-state index contributed by atoms with van der Waals surface area (Å²) in [4.78, 5) is 7.66. The Balaban J connectivity index is 2.53. The summed E-state index contributed by atoms with van der Waals surface area (Å²) in [6, 6.07) is 1.33. The highest BCUT2D eigenvalue weighted by Crippen LogP contribution is 2.13. The molecule has 2 rings (SSSR count). The first kappa shape index (κ1) is 9.08. The van der Waals surface area contributed by atoms with Gasteiger partial charge in [0, 0.05) is 5.56 Å². The summed E-state index contributed by atoms with van der Waals surface area (Å²) in [6.45, 7) is 0. The third kappa shape index (κ3) is 1.58. The minimum Gasteiger partial charge on any atom is -0.234 e. The molecule has 0 fully saturated rings. The number of hydrogen-bond donors (Lipinski definition) is 0. The highest BCUT2D eigenvalue weighted by Gasteiger charge is 2.07. The predicted molar refractivity (Wildman–Crippen MR) is 48.7 cm³/mol. The lowest BCUT2D eigenvalue weighted by Gasteiger charge is -2.04. The highest BCUT2D eigenvalue weighted by atomic mass is 35.5. The molecule has 0 saturated heterocycles. The van der Waals surface area contributed by atoms with Gasteiger partial charge < -0.3 is 0 Å². The van der Waals surface area contributed by atoms with Crippen LogP contribution in [0.5, 0.6) is 0 Å². The van der Waals surface area contributed by atoms with E-state index in [2.05, 4.69) is 15.1 Å². The maximum atomic E-state index is 12.8. The van der Waals surface area contributed by atoms with Crippen molar-refractivity contribution in [1.29, 1.82) is 0 Å². The van der Waals surface area contributed by atoms with Crippen molar-refractivity contribution in [3.8, 4) is 5.82 Å². The zero-order valence-electron chi connectivity index (χ0n) is 7.06. The van der Waals surface area contributed by atoms with Crippen LogP contribution in [0.15, 0.2) is 24.9 Å². The predicted octanol–water partition coefficient (Wildman–Crippen LogP) is 1.54. The van der Waals surface area contributed by atoms with Gasteiger partial charge in [-0.15, -0.1) is 11.6 Å². The van der Waals surface area contributed by atoms with Crippen molar-refractivity contribution in [2.45, 2.75) is 5.88 Å². The Hall–Kier alpha value is -1.49. The van der Waals surface area contributed by atoms with Crippen molar-refractivity contribution in [3.63, 3.8) is 0 Å². The standard InChI is InChI=1S/C8H6ClFN4/c9-2-6-1-7(10)3-12-8(6)14-5-11-4-13-14/h1,3-5H,2H2. The van der Waals surface area contributed by atoms with Crippen LogP contribution in [0.4, 0.5) is 4.39 Å². The molecule has 0 aliphatic rings. The average molecular weight is 213 g/mol. The van der Waals surface area contributed by atoms with Gasteiger partial charge in [-0.05, 0) is 6.07 Å². The molecular weight excluding hydrogens is 207 g/mol. The SMILES string of the molecule is Fc1cnc(-n2cncn2)c(CCl)c1. The first-order chi connectivity index (χ1) is 6.81. The molecule has 0 spiro atoms. The summed E-state index contributed by atoms with van der Waals surface area (Å²) in [5.41, 5.74) is 0.581. The van der Waals surface area contributed by atoms with Gasteiger partial charge in [-0.1, -0.05) is 0 Å². The molecule has 2 aromatic heterocycles. The van der Waals surface area contributed by atoms with Crippen molar-refractivity contribution in [1.82, 2.24) is 19.7 Å². The fourth-order valence-electron chi connectivity index (χ4n) is 1.10. The van der Waals surface area contributed by atoms with E-state index < -0.39 is 5.82 Å². The Morgan fingerprint density at radius 1 is 1.50 bits per heavy atom. The van der Waals surface area contributed by atoms with E-state index in [1.165, 1.54) is 23.4 Å². The number of halogens is 2. The fraction of sp³-hybridized carbons (Fsp3) is 0.125. The van der Waals surface area contributed by atoms with E-state index in [-0.39, 0.29) is 5.88 Å². The summed E-state index contributed by atoms with van der Waals surface area (Å²) in [5.74, 6) is 0.267. The summed E-state index contributed by atoms with van der Waals surface area (Å²) in [7, 11) is 0. The largest absolute Gasteiger partial charge is 0.234 e. The van der Waals surface area contributed by atoms with Crippen LogP contribution < -0.4 is 0 Å². The van der Waals surface area contributed by atoms with Crippen LogP contribution in [-0.2, 0) is 5.88 Å². The highest BCUT2D eigenvalue weighted by molar-refractivity contribution is 6.17. The Labute approximate surface area is 84.4 Å². The third-order valence-corrected chi connectivity index (χ3v) is 1.98. The summed E-state index contributed by atoms with van der Waals surface area (Å²) in [5, 5.41) is 3.89. The van der Waals surface area contributed by atoms with Gasteiger partial charge in [0.1, 0.15) is 18.5 Å². The Morgan fingerprint density at radius 3 is 3.00 bits per heavy atom. The molecule has 0 unspecified atom stereocenters. The molecule has 0 aliphatic carbocycles. The Kier molecular flexibility index (Phi) is 2.41. The van der Waals surface area contributed by atoms with E-state index in [1.807, 2.05) is 0 Å². The summed E-state index contributed by atoms with van der Waals surface area (Å²) < 4.78 is 14.3. The first-order valence-corrected chi connectivity index (χ1v) is 4.40. The van der Waals surface area contributed by atoms with Crippen LogP contribution in [0.1, 0.15) is 5.56 Å². The van der Waals surface area contributed by atoms with Gasteiger partial charge in [0.05, 0.1) is 12.1 Å². The number of alkyl halides is 1. The Bertz CT molecular complexity index is 429. The van der Waals surface area contributed by atoms with Gasteiger partial charge in [-0.2, -0.15) is 5.10 Å². The summed E-state index contributed by atoms with van der Waals surface area (Å²) in [6.07, 6.45) is 3.98. The van der Waals surface area contributed by atoms with Gasteiger partial charge >= 0.3 is 0 Å². The van der Waals surface area contributed by atoms with Crippen molar-refractivity contribution in [2.24, 2.45) is 0 Å². The molecule has 2 aromatic rings. The molecule has 0 saturated carbocycles. The van der Waals surface area contributed by atoms with Crippen LogP contribution in [0.25, 0.3) is 5.82 Å². The van der Waals surface area contributed by atoms with E-state index in [4.69, 9.17) is 11.6 Å². The van der Waals surface area contributed by atoms with Gasteiger partial charge in [0.15, 0.2) is 5.82 Å². The van der Waals surface area contributed by atoms with Gasteiger partial charge in [0.25, 0.3) is 0 Å². The number of hydrogen-bond acceptors (Lipinski definition) is 3. The van der Waals surface area contributed by atoms with Crippen LogP contribution in [0, 0.1) is 5.82 Å². The fourth-order valence-corrected chi connectivity index (χ4v) is 1.29. The maximum absolute atomic E-state index is 12.8. The smallest absolute Gasteiger partial charge is 0.159 e. The number of nitrogens with zero attached hydrogens (tertiary/aromatic N) is 4. The molecule has 0 bridgehead atoms. The third-order valence-electron chi connectivity index (χ3n) is 1.69. The van der Waals surface area contributed by atoms with Crippen molar-refractivity contribution in [2.75, 3.05) is 0 Å². The number of aromatic nitrogens is 4. The lowest BCUT2D eigenvalue weighted by atomic mass is 10.3. The van der Waals surface area contributed by atoms with Gasteiger partial charge in [0.2, 0.25) is 0 Å². The van der Waals surface area contributed by atoms with E-state index in [0.29, 0.717) is 11.4 Å². The minimum absolute atomic E-state index is 0.181. The average Bonchev–Trinajstić information content (AvgIpc) is 2.70. The molecule has 72 valence electrons. The van der Waals surface area contributed by atoms with E-state index in [1.54, 1.807) is 0 Å². The van der Waals surface area contributed by atoms with Crippen LogP contribution in [0.3, 0.4) is 0 Å². The first-order valence-electron chi connectivity index (χ1n) is 3.86. The molecular formula is C8H6ClFN4. The van der Waals surface area contributed by atoms with E-state index >= 15 is 0 Å². The lowest BCUT2D eigenvalue weighted by molar-refractivity contribution is 0.617. The molecule has 0 aliphatic heterocycles. The molecule has 0 atom stereocenters. The number of rotatable bonds is 2. The van der Waals surface area contributed by atoms with Crippen LogP contribution >= 0.6 is 11.6 Å². The van der Waals surface area contributed by atoms with Crippen LogP contribution in [0.2, 0.25) is 0 Å². The molecule has 2 heterocycles. The van der Waals surface area contributed by atoms with Crippen molar-refractivity contribution in [3.05, 3.63) is 36.3 Å². The van der Waals surface area contributed by atoms with E-state index in [0.717, 1.165) is 6.20 Å². The molecule has 0 radical (unpaired) electrons. The molecule has 0 N–H and O–H groups in total. The minimum atomic E-state index is -0.412. The monoisotopic (exact) mass is 212 g/mol. The normalized spacial score (nSPS) is 10.4. The van der Waals surface area contributed by atoms with Gasteiger partial charge in [-0.3, -0.25) is 0 Å². The topological polar surface area (TPSA) is 43.6 Å². The second-order valence-electron chi connectivity index (χ2n) is 2.61. The second kappa shape index (κ2) is 3.71. The molecule has 4 nitrogen and oxygen atoms in total. The van der Waals surface area contributed by atoms with E-state index in [9.17, 15) is 4.39 Å². The lowest BCUT2D eigenvalue weighted by Crippen LogP contribution is -2.02. The quantitative estimate of drug-likeness (QED) is 0.710. The Morgan fingerprint density at radius 2 is 2.36 bits per heavy atom. The van der Waals surface area contributed by atoms with Crippen molar-refractivity contribution >= 4 is 11.6 Å². The molecule has 6 heteroatoms. The van der Waals surface area contributed by atoms with Crippen molar-refractivity contribution < 1.29 is 4.39 Å². The number of pyridine rings is 1.